The maximum absolute atomic E-state index is 14.0. The van der Waals surface area contributed by atoms with Gasteiger partial charge in [0.1, 0.15) is 5.75 Å². The molecule has 1 aliphatic rings. The van der Waals surface area contributed by atoms with Gasteiger partial charge >= 0.3 is 6.18 Å². The van der Waals surface area contributed by atoms with Gasteiger partial charge in [-0.1, -0.05) is 44.2 Å². The van der Waals surface area contributed by atoms with Crippen molar-refractivity contribution < 1.29 is 17.9 Å². The number of aryl methyl sites for hydroxylation is 2. The van der Waals surface area contributed by atoms with Crippen LogP contribution in [0.25, 0.3) is 5.70 Å². The average Bonchev–Trinajstić information content (AvgIpc) is 3.37. The third-order valence-corrected chi connectivity index (χ3v) is 6.61. The normalized spacial score (nSPS) is 18.3. The van der Waals surface area contributed by atoms with Gasteiger partial charge in [-0.15, -0.1) is 0 Å². The monoisotopic (exact) mass is 472 g/mol. The third kappa shape index (κ3) is 6.50. The Bertz CT molecular complexity index is 1000. The SMILES string of the molecule is C/C=C(\N=C(C(C)CC)C1CCCN1)c1ccc(CCc2ccc(OC)cc2)c(C(F)(F)F)c1. The zero-order chi connectivity index (χ0) is 24.7. The number of rotatable bonds is 9. The number of alkyl halides is 3. The van der Waals surface area contributed by atoms with Gasteiger partial charge in [0, 0.05) is 17.3 Å². The molecule has 0 aliphatic carbocycles. The highest BCUT2D eigenvalue weighted by molar-refractivity contribution is 5.95. The number of methoxy groups -OCH3 is 1. The van der Waals surface area contributed by atoms with Crippen molar-refractivity contribution in [3.8, 4) is 5.75 Å². The molecule has 0 bridgehead atoms. The summed E-state index contributed by atoms with van der Waals surface area (Å²) >= 11 is 0. The van der Waals surface area contributed by atoms with Crippen molar-refractivity contribution >= 4 is 11.4 Å². The highest BCUT2D eigenvalue weighted by Gasteiger charge is 2.34. The summed E-state index contributed by atoms with van der Waals surface area (Å²) in [5, 5.41) is 3.49. The summed E-state index contributed by atoms with van der Waals surface area (Å²) in [5.74, 6) is 0.990. The zero-order valence-electron chi connectivity index (χ0n) is 20.5. The summed E-state index contributed by atoms with van der Waals surface area (Å²) in [6.45, 7) is 7.03. The van der Waals surface area contributed by atoms with E-state index in [9.17, 15) is 13.2 Å². The first kappa shape index (κ1) is 26.0. The molecule has 6 heteroatoms. The Morgan fingerprint density at radius 1 is 1.18 bits per heavy atom. The van der Waals surface area contributed by atoms with Gasteiger partial charge in [0.15, 0.2) is 0 Å². The lowest BCUT2D eigenvalue weighted by atomic mass is 9.94. The highest BCUT2D eigenvalue weighted by atomic mass is 19.4. The second-order valence-electron chi connectivity index (χ2n) is 8.89. The van der Waals surface area contributed by atoms with Crippen molar-refractivity contribution in [3.05, 3.63) is 70.8 Å². The number of nitrogens with one attached hydrogen (secondary N) is 1. The lowest BCUT2D eigenvalue weighted by Crippen LogP contribution is -2.34. The fraction of sp³-hybridized carbons (Fsp3) is 0.464. The molecule has 0 saturated carbocycles. The van der Waals surface area contributed by atoms with Crippen LogP contribution in [-0.4, -0.2) is 25.4 Å². The molecule has 1 fully saturated rings. The van der Waals surface area contributed by atoms with Gasteiger partial charge in [0.05, 0.1) is 18.4 Å². The van der Waals surface area contributed by atoms with Crippen LogP contribution < -0.4 is 10.1 Å². The Balaban J connectivity index is 1.90. The van der Waals surface area contributed by atoms with Crippen LogP contribution >= 0.6 is 0 Å². The lowest BCUT2D eigenvalue weighted by Gasteiger charge is -2.21. The molecule has 0 amide bonds. The van der Waals surface area contributed by atoms with Gasteiger partial charge in [-0.2, -0.15) is 13.2 Å². The number of allylic oxidation sites excluding steroid dienone is 1. The van der Waals surface area contributed by atoms with Gasteiger partial charge in [-0.05, 0) is 80.8 Å². The van der Waals surface area contributed by atoms with Crippen molar-refractivity contribution in [1.82, 2.24) is 5.32 Å². The van der Waals surface area contributed by atoms with E-state index in [1.807, 2.05) is 37.3 Å². The predicted octanol–water partition coefficient (Wildman–Crippen LogP) is 7.10. The first-order valence-corrected chi connectivity index (χ1v) is 12.1. The quantitative estimate of drug-likeness (QED) is 0.395. The summed E-state index contributed by atoms with van der Waals surface area (Å²) in [7, 11) is 1.59. The molecule has 0 radical (unpaired) electrons. The summed E-state index contributed by atoms with van der Waals surface area (Å²) in [5.41, 5.74) is 2.81. The summed E-state index contributed by atoms with van der Waals surface area (Å²) in [4.78, 5) is 4.92. The van der Waals surface area contributed by atoms with Gasteiger partial charge < -0.3 is 10.1 Å². The Morgan fingerprint density at radius 2 is 1.91 bits per heavy atom. The molecule has 0 aromatic heterocycles. The number of benzene rings is 2. The Hall–Kier alpha value is -2.60. The molecular weight excluding hydrogens is 437 g/mol. The van der Waals surface area contributed by atoms with E-state index in [4.69, 9.17) is 9.73 Å². The van der Waals surface area contributed by atoms with Gasteiger partial charge in [-0.25, -0.2) is 0 Å². The topological polar surface area (TPSA) is 33.6 Å². The minimum Gasteiger partial charge on any atom is -0.497 e. The van der Waals surface area contributed by atoms with E-state index < -0.39 is 11.7 Å². The third-order valence-electron chi connectivity index (χ3n) is 6.61. The Kier molecular flexibility index (Phi) is 8.95. The summed E-state index contributed by atoms with van der Waals surface area (Å²) < 4.78 is 47.2. The Morgan fingerprint density at radius 3 is 2.47 bits per heavy atom. The van der Waals surface area contributed by atoms with Crippen molar-refractivity contribution in [2.45, 2.75) is 65.1 Å². The van der Waals surface area contributed by atoms with E-state index in [0.717, 1.165) is 42.8 Å². The number of halogens is 3. The van der Waals surface area contributed by atoms with Crippen LogP contribution in [0, 0.1) is 5.92 Å². The molecule has 1 aliphatic heterocycles. The average molecular weight is 473 g/mol. The van der Waals surface area contributed by atoms with E-state index >= 15 is 0 Å². The minimum atomic E-state index is -4.43. The van der Waals surface area contributed by atoms with Crippen LogP contribution in [0.15, 0.2) is 53.5 Å². The maximum atomic E-state index is 14.0. The second-order valence-corrected chi connectivity index (χ2v) is 8.89. The first-order chi connectivity index (χ1) is 16.3. The first-order valence-electron chi connectivity index (χ1n) is 12.1. The number of hydrogen-bond acceptors (Lipinski definition) is 3. The van der Waals surface area contributed by atoms with Crippen molar-refractivity contribution in [2.75, 3.05) is 13.7 Å². The molecule has 1 saturated heterocycles. The van der Waals surface area contributed by atoms with Crippen LogP contribution in [0.3, 0.4) is 0 Å². The molecule has 34 heavy (non-hydrogen) atoms. The minimum absolute atomic E-state index is 0.191. The van der Waals surface area contributed by atoms with Crippen LogP contribution in [-0.2, 0) is 19.0 Å². The van der Waals surface area contributed by atoms with E-state index in [-0.39, 0.29) is 12.0 Å². The van der Waals surface area contributed by atoms with Crippen LogP contribution in [0.4, 0.5) is 13.2 Å². The van der Waals surface area contributed by atoms with Crippen LogP contribution in [0.5, 0.6) is 5.75 Å². The molecule has 184 valence electrons. The molecule has 2 aromatic rings. The largest absolute Gasteiger partial charge is 0.497 e. The predicted molar refractivity (Wildman–Crippen MR) is 133 cm³/mol. The molecule has 2 atom stereocenters. The number of ether oxygens (including phenoxy) is 1. The Labute approximate surface area is 201 Å². The summed E-state index contributed by atoms with van der Waals surface area (Å²) in [6.07, 6.45) is 1.24. The number of nitrogens with zero attached hydrogens (tertiary/aromatic N) is 1. The highest BCUT2D eigenvalue weighted by Crippen LogP contribution is 2.35. The molecular formula is C28H35F3N2O. The molecule has 2 aromatic carbocycles. The second kappa shape index (κ2) is 11.7. The molecule has 2 unspecified atom stereocenters. The van der Waals surface area contributed by atoms with E-state index in [1.165, 1.54) is 6.07 Å². The van der Waals surface area contributed by atoms with Crippen molar-refractivity contribution in [2.24, 2.45) is 10.9 Å². The van der Waals surface area contributed by atoms with E-state index in [2.05, 4.69) is 19.2 Å². The molecule has 1 heterocycles. The van der Waals surface area contributed by atoms with E-state index in [1.54, 1.807) is 19.2 Å². The molecule has 3 rings (SSSR count). The van der Waals surface area contributed by atoms with Crippen LogP contribution in [0.1, 0.15) is 62.3 Å². The zero-order valence-corrected chi connectivity index (χ0v) is 20.5. The number of hydrogen-bond donors (Lipinski definition) is 1. The van der Waals surface area contributed by atoms with Crippen LogP contribution in [0.2, 0.25) is 0 Å². The molecule has 1 N–H and O–H groups in total. The maximum Gasteiger partial charge on any atom is 0.416 e. The van der Waals surface area contributed by atoms with Gasteiger partial charge in [-0.3, -0.25) is 4.99 Å². The summed E-state index contributed by atoms with van der Waals surface area (Å²) in [6, 6.07) is 12.3. The van der Waals surface area contributed by atoms with Gasteiger partial charge in [0.25, 0.3) is 0 Å². The van der Waals surface area contributed by atoms with Crippen molar-refractivity contribution in [3.63, 3.8) is 0 Å². The lowest BCUT2D eigenvalue weighted by molar-refractivity contribution is -0.138. The molecule has 0 spiro atoms. The van der Waals surface area contributed by atoms with Crippen molar-refractivity contribution in [1.29, 1.82) is 0 Å². The fourth-order valence-electron chi connectivity index (χ4n) is 4.40. The molecule has 3 nitrogen and oxygen atoms in total. The van der Waals surface area contributed by atoms with Gasteiger partial charge in [0.2, 0.25) is 0 Å². The standard InChI is InChI=1S/C28H35F3N2O/c1-5-19(3)27(26-8-7-17-32-26)33-25(6-2)22-14-13-21(24(18-22)28(29,30)31)12-9-20-10-15-23(34-4)16-11-20/h6,10-11,13-16,18-19,26,32H,5,7-9,12,17H2,1-4H3/b25-6-,33-27?. The smallest absolute Gasteiger partial charge is 0.416 e. The number of aliphatic imine (C=N–C) groups is 1. The van der Waals surface area contributed by atoms with E-state index in [0.29, 0.717) is 29.7 Å². The fourth-order valence-corrected chi connectivity index (χ4v) is 4.40.